The number of carbonyl (C=O) groups is 2. The molecule has 2 spiro atoms. The molecule has 0 aromatic heterocycles. The maximum absolute atomic E-state index is 13.3. The Kier molecular flexibility index (Phi) is 5.89. The van der Waals surface area contributed by atoms with Gasteiger partial charge in [-0.1, -0.05) is 0 Å². The maximum atomic E-state index is 13.3. The van der Waals surface area contributed by atoms with E-state index >= 15 is 0 Å². The van der Waals surface area contributed by atoms with E-state index in [4.69, 9.17) is 9.47 Å². The minimum Gasteiger partial charge on any atom is -0.383 e. The normalized spacial score (nSPS) is 28.7. The van der Waals surface area contributed by atoms with Crippen molar-refractivity contribution < 1.29 is 19.1 Å². The van der Waals surface area contributed by atoms with E-state index < -0.39 is 0 Å². The summed E-state index contributed by atoms with van der Waals surface area (Å²) in [4.78, 5) is 31.8. The van der Waals surface area contributed by atoms with E-state index in [9.17, 15) is 9.59 Å². The van der Waals surface area contributed by atoms with Crippen LogP contribution < -0.4 is 0 Å². The number of piperidine rings is 1. The van der Waals surface area contributed by atoms with Gasteiger partial charge in [0.2, 0.25) is 11.8 Å². The summed E-state index contributed by atoms with van der Waals surface area (Å²) in [6.45, 7) is 8.62. The fraction of sp³-hybridized carbons (Fsp3) is 0.895. The van der Waals surface area contributed by atoms with Crippen LogP contribution in [0.3, 0.4) is 0 Å². The zero-order valence-corrected chi connectivity index (χ0v) is 16.5. The van der Waals surface area contributed by atoms with Crippen LogP contribution in [0.1, 0.15) is 26.2 Å². The topological polar surface area (TPSA) is 62.3 Å². The molecule has 7 heteroatoms. The van der Waals surface area contributed by atoms with Crippen molar-refractivity contribution in [2.75, 3.05) is 73.2 Å². The molecule has 3 fully saturated rings. The Morgan fingerprint density at radius 3 is 2.38 bits per heavy atom. The summed E-state index contributed by atoms with van der Waals surface area (Å²) in [6.07, 6.45) is 2.74. The minimum atomic E-state index is -0.285. The Bertz CT molecular complexity index is 533. The van der Waals surface area contributed by atoms with Gasteiger partial charge in [-0.15, -0.1) is 0 Å². The lowest BCUT2D eigenvalue weighted by Gasteiger charge is -2.47. The standard InChI is InChI=1S/C19H33N3O4/c1-4-21-10-7-19(17(21)24)15-20(11-12-25-2)14-18(19)5-8-22(9-6-18)16(23)13-26-3/h4-15H2,1-3H3. The molecule has 3 aliphatic heterocycles. The molecule has 0 saturated carbocycles. The van der Waals surface area contributed by atoms with Gasteiger partial charge in [0, 0.05) is 65.4 Å². The van der Waals surface area contributed by atoms with Crippen LogP contribution in [0.2, 0.25) is 0 Å². The van der Waals surface area contributed by atoms with Crippen molar-refractivity contribution in [3.8, 4) is 0 Å². The van der Waals surface area contributed by atoms with Crippen molar-refractivity contribution in [2.24, 2.45) is 10.8 Å². The van der Waals surface area contributed by atoms with Crippen LogP contribution in [-0.4, -0.2) is 99.8 Å². The summed E-state index contributed by atoms with van der Waals surface area (Å²) >= 11 is 0. The van der Waals surface area contributed by atoms with Crippen LogP contribution in [0.4, 0.5) is 0 Å². The molecule has 26 heavy (non-hydrogen) atoms. The quantitative estimate of drug-likeness (QED) is 0.682. The van der Waals surface area contributed by atoms with E-state index in [0.717, 1.165) is 65.1 Å². The molecule has 7 nitrogen and oxygen atoms in total. The Balaban J connectivity index is 1.79. The predicted molar refractivity (Wildman–Crippen MR) is 97.7 cm³/mol. The largest absolute Gasteiger partial charge is 0.383 e. The molecule has 3 aliphatic rings. The second-order valence-corrected chi connectivity index (χ2v) is 8.01. The zero-order chi connectivity index (χ0) is 18.8. The maximum Gasteiger partial charge on any atom is 0.248 e. The molecule has 0 aliphatic carbocycles. The van der Waals surface area contributed by atoms with Crippen LogP contribution in [0, 0.1) is 10.8 Å². The van der Waals surface area contributed by atoms with Crippen LogP contribution in [0.5, 0.6) is 0 Å². The third-order valence-electron chi connectivity index (χ3n) is 6.87. The number of hydrogen-bond acceptors (Lipinski definition) is 5. The van der Waals surface area contributed by atoms with E-state index in [2.05, 4.69) is 11.8 Å². The molecule has 0 aromatic rings. The van der Waals surface area contributed by atoms with Crippen molar-refractivity contribution in [3.05, 3.63) is 0 Å². The highest BCUT2D eigenvalue weighted by Crippen LogP contribution is 2.57. The molecule has 0 N–H and O–H groups in total. The number of fused-ring (bicyclic) bond motifs is 1. The fourth-order valence-electron chi connectivity index (χ4n) is 5.38. The number of nitrogens with zero attached hydrogens (tertiary/aromatic N) is 3. The highest BCUT2D eigenvalue weighted by molar-refractivity contribution is 5.87. The van der Waals surface area contributed by atoms with Gasteiger partial charge in [-0.2, -0.15) is 0 Å². The van der Waals surface area contributed by atoms with Gasteiger partial charge >= 0.3 is 0 Å². The van der Waals surface area contributed by atoms with Crippen molar-refractivity contribution >= 4 is 11.8 Å². The lowest BCUT2D eigenvalue weighted by molar-refractivity contribution is -0.145. The highest BCUT2D eigenvalue weighted by atomic mass is 16.5. The SMILES string of the molecule is CCN1CCC2(CN(CCOC)CC23CCN(C(=O)COC)CC3)C1=O. The van der Waals surface area contributed by atoms with Gasteiger partial charge in [0.1, 0.15) is 6.61 Å². The molecule has 148 valence electrons. The number of likely N-dealkylation sites (tertiary alicyclic amines) is 3. The number of hydrogen-bond donors (Lipinski definition) is 0. The minimum absolute atomic E-state index is 0.0222. The van der Waals surface area contributed by atoms with Crippen molar-refractivity contribution in [1.82, 2.24) is 14.7 Å². The average Bonchev–Trinajstić information content (AvgIpc) is 3.13. The van der Waals surface area contributed by atoms with E-state index in [-0.39, 0.29) is 23.3 Å². The van der Waals surface area contributed by atoms with E-state index in [1.54, 1.807) is 14.2 Å². The predicted octanol–water partition coefficient (Wildman–Crippen LogP) is 0.442. The van der Waals surface area contributed by atoms with Crippen LogP contribution in [0.15, 0.2) is 0 Å². The Hall–Kier alpha value is -1.18. The van der Waals surface area contributed by atoms with Gasteiger partial charge in [-0.25, -0.2) is 0 Å². The average molecular weight is 367 g/mol. The number of rotatable bonds is 6. The molecule has 3 rings (SSSR count). The van der Waals surface area contributed by atoms with Crippen LogP contribution in [-0.2, 0) is 19.1 Å². The van der Waals surface area contributed by atoms with Crippen LogP contribution >= 0.6 is 0 Å². The fourth-order valence-corrected chi connectivity index (χ4v) is 5.38. The van der Waals surface area contributed by atoms with Crippen LogP contribution in [0.25, 0.3) is 0 Å². The highest BCUT2D eigenvalue weighted by Gasteiger charge is 2.64. The molecule has 0 radical (unpaired) electrons. The molecule has 0 aromatic carbocycles. The van der Waals surface area contributed by atoms with E-state index in [1.807, 2.05) is 9.80 Å². The smallest absolute Gasteiger partial charge is 0.248 e. The second kappa shape index (κ2) is 7.82. The van der Waals surface area contributed by atoms with E-state index in [1.165, 1.54) is 0 Å². The van der Waals surface area contributed by atoms with Gasteiger partial charge < -0.3 is 19.3 Å². The Morgan fingerprint density at radius 2 is 1.81 bits per heavy atom. The van der Waals surface area contributed by atoms with Crippen molar-refractivity contribution in [2.45, 2.75) is 26.2 Å². The first-order valence-corrected chi connectivity index (χ1v) is 9.79. The van der Waals surface area contributed by atoms with Gasteiger partial charge in [0.15, 0.2) is 0 Å². The summed E-state index contributed by atoms with van der Waals surface area (Å²) < 4.78 is 10.3. The van der Waals surface area contributed by atoms with E-state index in [0.29, 0.717) is 12.5 Å². The molecule has 0 bridgehead atoms. The monoisotopic (exact) mass is 367 g/mol. The molecule has 3 heterocycles. The zero-order valence-electron chi connectivity index (χ0n) is 16.5. The molecule has 1 unspecified atom stereocenters. The summed E-state index contributed by atoms with van der Waals surface area (Å²) in [7, 11) is 3.28. The third kappa shape index (κ3) is 3.14. The molecular weight excluding hydrogens is 334 g/mol. The summed E-state index contributed by atoms with van der Waals surface area (Å²) in [5.74, 6) is 0.384. The molecule has 2 amide bonds. The number of carbonyl (C=O) groups excluding carboxylic acids is 2. The third-order valence-corrected chi connectivity index (χ3v) is 6.87. The summed E-state index contributed by atoms with van der Waals surface area (Å²) in [5, 5.41) is 0. The van der Waals surface area contributed by atoms with Gasteiger partial charge in [0.25, 0.3) is 0 Å². The second-order valence-electron chi connectivity index (χ2n) is 8.01. The Labute approximate surface area is 156 Å². The summed E-state index contributed by atoms with van der Waals surface area (Å²) in [6, 6.07) is 0. The number of amides is 2. The van der Waals surface area contributed by atoms with Gasteiger partial charge in [0.05, 0.1) is 12.0 Å². The Morgan fingerprint density at radius 1 is 1.08 bits per heavy atom. The summed E-state index contributed by atoms with van der Waals surface area (Å²) in [5.41, 5.74) is -0.307. The van der Waals surface area contributed by atoms with Gasteiger partial charge in [-0.3, -0.25) is 14.5 Å². The molecule has 1 atom stereocenters. The lowest BCUT2D eigenvalue weighted by Crippen LogP contribution is -2.54. The van der Waals surface area contributed by atoms with Crippen molar-refractivity contribution in [3.63, 3.8) is 0 Å². The first-order chi connectivity index (χ1) is 12.5. The molecular formula is C19H33N3O4. The first-order valence-electron chi connectivity index (χ1n) is 9.79. The number of methoxy groups -OCH3 is 2. The number of ether oxygens (including phenoxy) is 2. The first kappa shape index (κ1) is 19.6. The lowest BCUT2D eigenvalue weighted by atomic mass is 9.60. The van der Waals surface area contributed by atoms with Gasteiger partial charge in [-0.05, 0) is 26.2 Å². The van der Waals surface area contributed by atoms with Crippen molar-refractivity contribution in [1.29, 1.82) is 0 Å². The molecule has 3 saturated heterocycles.